The van der Waals surface area contributed by atoms with Crippen LogP contribution in [-0.4, -0.2) is 35.1 Å². The number of hydrogen-bond acceptors (Lipinski definition) is 5. The second kappa shape index (κ2) is 12.9. The summed E-state index contributed by atoms with van der Waals surface area (Å²) < 4.78 is 11.4. The first-order valence-corrected chi connectivity index (χ1v) is 11.4. The van der Waals surface area contributed by atoms with Crippen molar-refractivity contribution < 1.29 is 24.8 Å². The molecule has 2 aromatic rings. The van der Waals surface area contributed by atoms with Gasteiger partial charge in [0.2, 0.25) is 0 Å². The topological polar surface area (TPSA) is 79.2 Å². The van der Waals surface area contributed by atoms with Crippen LogP contribution in [0.1, 0.15) is 43.9 Å². The molecule has 0 aliphatic rings. The van der Waals surface area contributed by atoms with Gasteiger partial charge in [0.1, 0.15) is 0 Å². The molecule has 2 rings (SSSR count). The number of aliphatic hydroxyl groups excluding tert-OH is 2. The average molecular weight is 538 g/mol. The van der Waals surface area contributed by atoms with E-state index in [2.05, 4.69) is 19.6 Å². The zero-order valence-corrected chi connectivity index (χ0v) is 20.4. The Morgan fingerprint density at radius 1 is 1.16 bits per heavy atom. The van der Waals surface area contributed by atoms with Crippen LogP contribution in [0.25, 0.3) is 0 Å². The van der Waals surface area contributed by atoms with E-state index < -0.39 is 12.2 Å². The van der Waals surface area contributed by atoms with Crippen molar-refractivity contribution in [2.45, 2.75) is 45.5 Å². The minimum atomic E-state index is -0.747. The van der Waals surface area contributed by atoms with E-state index in [0.717, 1.165) is 11.1 Å². The van der Waals surface area contributed by atoms with Crippen molar-refractivity contribution in [3.05, 3.63) is 74.5 Å². The van der Waals surface area contributed by atoms with Crippen molar-refractivity contribution in [3.63, 3.8) is 0 Å². The Balaban J connectivity index is 1.95. The number of phenolic OH excluding ortho intramolecular Hbond substituents is 1. The van der Waals surface area contributed by atoms with Gasteiger partial charge in [-0.25, -0.2) is 0 Å². The highest BCUT2D eigenvalue weighted by molar-refractivity contribution is 14.1. The second-order valence-electron chi connectivity index (χ2n) is 7.69. The number of halogens is 1. The van der Waals surface area contributed by atoms with Gasteiger partial charge in [0.15, 0.2) is 11.5 Å². The van der Waals surface area contributed by atoms with Crippen LogP contribution in [0.3, 0.4) is 0 Å². The third kappa shape index (κ3) is 8.31. The summed E-state index contributed by atoms with van der Waals surface area (Å²) in [6, 6.07) is 13.2. The molecule has 0 spiro atoms. The number of aromatic hydroxyl groups is 1. The Morgan fingerprint density at radius 2 is 1.87 bits per heavy atom. The fourth-order valence-electron chi connectivity index (χ4n) is 3.04. The Labute approximate surface area is 198 Å². The van der Waals surface area contributed by atoms with Crippen molar-refractivity contribution in [2.24, 2.45) is 5.92 Å². The fraction of sp³-hybridized carbons (Fsp3) is 0.400. The molecule has 0 saturated heterocycles. The molecule has 3 N–H and O–H groups in total. The van der Waals surface area contributed by atoms with E-state index in [9.17, 15) is 15.3 Å². The van der Waals surface area contributed by atoms with E-state index in [1.54, 1.807) is 18.2 Å². The first-order valence-electron chi connectivity index (χ1n) is 10.3. The van der Waals surface area contributed by atoms with Gasteiger partial charge in [0.25, 0.3) is 0 Å². The number of methoxy groups -OCH3 is 1. The van der Waals surface area contributed by atoms with Gasteiger partial charge >= 0.3 is 0 Å². The lowest BCUT2D eigenvalue weighted by Gasteiger charge is -2.15. The van der Waals surface area contributed by atoms with Gasteiger partial charge in [0, 0.05) is 12.8 Å². The molecule has 0 heterocycles. The molecule has 168 valence electrons. The van der Waals surface area contributed by atoms with E-state index in [4.69, 9.17) is 9.47 Å². The van der Waals surface area contributed by atoms with Gasteiger partial charge in [0.05, 0.1) is 36.1 Å². The van der Waals surface area contributed by atoms with E-state index >= 15 is 0 Å². The third-order valence-corrected chi connectivity index (χ3v) is 5.68. The number of aliphatic hydroxyl groups is 2. The van der Waals surface area contributed by atoms with Crippen LogP contribution in [0.15, 0.2) is 59.8 Å². The molecular weight excluding hydrogens is 507 g/mol. The average Bonchev–Trinajstić information content (AvgIpc) is 2.75. The Bertz CT molecular complexity index is 888. The summed E-state index contributed by atoms with van der Waals surface area (Å²) in [5.41, 5.74) is 5.96. The van der Waals surface area contributed by atoms with Crippen molar-refractivity contribution in [1.29, 1.82) is 0 Å². The van der Waals surface area contributed by atoms with Crippen molar-refractivity contribution in [2.75, 3.05) is 13.7 Å². The van der Waals surface area contributed by atoms with Gasteiger partial charge in [-0.05, 0) is 63.4 Å². The highest BCUT2D eigenvalue weighted by Crippen LogP contribution is 2.35. The molecule has 0 aliphatic carbocycles. The molecule has 0 unspecified atom stereocenters. The molecule has 2 atom stereocenters. The normalized spacial score (nSPS) is 12.9. The van der Waals surface area contributed by atoms with Crippen LogP contribution in [0.5, 0.6) is 11.5 Å². The van der Waals surface area contributed by atoms with Crippen molar-refractivity contribution >= 4 is 22.6 Å². The molecule has 0 radical (unpaired) electrons. The predicted molar refractivity (Wildman–Crippen MR) is 130 cm³/mol. The zero-order chi connectivity index (χ0) is 22.8. The minimum absolute atomic E-state index is 0.0695. The highest BCUT2D eigenvalue weighted by atomic mass is 127. The molecule has 0 aliphatic heterocycles. The zero-order valence-electron chi connectivity index (χ0n) is 18.2. The fourth-order valence-corrected chi connectivity index (χ4v) is 3.67. The van der Waals surface area contributed by atoms with Crippen LogP contribution in [0.2, 0.25) is 0 Å². The molecule has 0 amide bonds. The number of ether oxygens (including phenoxy) is 2. The Morgan fingerprint density at radius 3 is 2.52 bits per heavy atom. The quantitative estimate of drug-likeness (QED) is 0.273. The van der Waals surface area contributed by atoms with Crippen molar-refractivity contribution in [1.82, 2.24) is 0 Å². The summed E-state index contributed by atoms with van der Waals surface area (Å²) in [4.78, 5) is 0. The maximum absolute atomic E-state index is 10.5. The third-order valence-electron chi connectivity index (χ3n) is 4.86. The van der Waals surface area contributed by atoms with Crippen LogP contribution >= 0.6 is 22.6 Å². The lowest BCUT2D eigenvalue weighted by molar-refractivity contribution is 0.0280. The van der Waals surface area contributed by atoms with E-state index in [1.807, 2.05) is 52.9 Å². The predicted octanol–water partition coefficient (Wildman–Crippen LogP) is 5.13. The molecule has 0 aromatic heterocycles. The van der Waals surface area contributed by atoms with Crippen LogP contribution < -0.4 is 4.74 Å². The summed E-state index contributed by atoms with van der Waals surface area (Å²) in [6.07, 6.45) is 1.26. The SMILES string of the molecule is COc1cc([C@H](O)CC=C=C(C[C@@H](O)COCc2ccccc2)C(C)C)cc(I)c1O. The van der Waals surface area contributed by atoms with Gasteiger partial charge in [-0.2, -0.15) is 0 Å². The van der Waals surface area contributed by atoms with Crippen LogP contribution in [0.4, 0.5) is 0 Å². The van der Waals surface area contributed by atoms with E-state index in [0.29, 0.717) is 34.3 Å². The van der Waals surface area contributed by atoms with Crippen molar-refractivity contribution in [3.8, 4) is 11.5 Å². The summed E-state index contributed by atoms with van der Waals surface area (Å²) >= 11 is 2.01. The molecule has 5 nitrogen and oxygen atoms in total. The second-order valence-corrected chi connectivity index (χ2v) is 8.85. The number of hydrogen-bond donors (Lipinski definition) is 3. The number of phenols is 1. The van der Waals surface area contributed by atoms with Crippen LogP contribution in [-0.2, 0) is 11.3 Å². The molecular formula is C25H31IO5. The molecule has 6 heteroatoms. The monoisotopic (exact) mass is 538 g/mol. The number of rotatable bonds is 11. The first-order chi connectivity index (χ1) is 14.8. The lowest BCUT2D eigenvalue weighted by Crippen LogP contribution is -2.17. The largest absolute Gasteiger partial charge is 0.504 e. The number of benzene rings is 2. The molecule has 2 aromatic carbocycles. The summed E-state index contributed by atoms with van der Waals surface area (Å²) in [7, 11) is 1.48. The summed E-state index contributed by atoms with van der Waals surface area (Å²) in [5, 5.41) is 30.8. The first kappa shape index (κ1) is 25.4. The standard InChI is InChI=1S/C25H31IO5/c1-17(2)19(12-21(27)16-31-15-18-8-5-4-6-9-18)10-7-11-23(28)20-13-22(26)25(29)24(14-20)30-3/h4-9,13-14,17,21,23,27-29H,11-12,15-16H2,1-3H3/t10?,21-,23-/m1/s1. The molecule has 0 bridgehead atoms. The molecule has 0 fully saturated rings. The minimum Gasteiger partial charge on any atom is -0.504 e. The van der Waals surface area contributed by atoms with Gasteiger partial charge in [-0.3, -0.25) is 0 Å². The van der Waals surface area contributed by atoms with E-state index in [-0.39, 0.29) is 18.3 Å². The summed E-state index contributed by atoms with van der Waals surface area (Å²) in [5.74, 6) is 0.619. The Hall–Kier alpha value is -1.83. The molecule has 31 heavy (non-hydrogen) atoms. The van der Waals surface area contributed by atoms with Gasteiger partial charge in [-0.15, -0.1) is 5.73 Å². The van der Waals surface area contributed by atoms with Gasteiger partial charge in [-0.1, -0.05) is 44.2 Å². The smallest absolute Gasteiger partial charge is 0.171 e. The lowest BCUT2D eigenvalue weighted by atomic mass is 9.97. The maximum atomic E-state index is 10.5. The highest BCUT2D eigenvalue weighted by Gasteiger charge is 2.14. The van der Waals surface area contributed by atoms with E-state index in [1.165, 1.54) is 7.11 Å². The maximum Gasteiger partial charge on any atom is 0.171 e. The van der Waals surface area contributed by atoms with Crippen LogP contribution in [0, 0.1) is 9.49 Å². The van der Waals surface area contributed by atoms with Gasteiger partial charge < -0.3 is 24.8 Å². The molecule has 0 saturated carbocycles. The summed E-state index contributed by atoms with van der Waals surface area (Å²) in [6.45, 7) is 4.82. The Kier molecular flexibility index (Phi) is 10.6.